The van der Waals surface area contributed by atoms with Crippen LogP contribution in [0, 0.1) is 13.8 Å². The molecule has 2 heteroatoms. The smallest absolute Gasteiger partial charge is 0.0201 e. The summed E-state index contributed by atoms with van der Waals surface area (Å²) in [6, 6.07) is 43.5. The number of benzene rings is 4. The molecule has 0 atom stereocenters. The van der Waals surface area contributed by atoms with Crippen LogP contribution < -0.4 is 0 Å². The number of rotatable bonds is 4. The molecule has 0 heterocycles. The third-order valence-corrected chi connectivity index (χ3v) is 6.67. The molecule has 0 aromatic heterocycles. The maximum Gasteiger partial charge on any atom is -0.0201 e. The van der Waals surface area contributed by atoms with E-state index in [-0.39, 0.29) is 5.43 Å². The molecule has 6 aromatic carbocycles. The summed E-state index contributed by atoms with van der Waals surface area (Å²) in [6.07, 6.45) is 2.06. The van der Waals surface area contributed by atoms with Crippen molar-refractivity contribution < 1.29 is 23.3 Å². The Morgan fingerprint density at radius 2 is 0.895 bits per heavy atom. The van der Waals surface area contributed by atoms with Gasteiger partial charge in [-0.3, -0.25) is 0 Å². The molecule has 0 aliphatic rings. The summed E-state index contributed by atoms with van der Waals surface area (Å²) in [5.74, 6) is 0. The van der Waals surface area contributed by atoms with Gasteiger partial charge in [-0.05, 0) is 48.9 Å². The van der Waals surface area contributed by atoms with E-state index < -0.39 is 0 Å². The van der Waals surface area contributed by atoms with E-state index in [1.165, 1.54) is 54.9 Å². The van der Waals surface area contributed by atoms with E-state index in [4.69, 9.17) is 0 Å². The third kappa shape index (κ3) is 8.10. The SMILES string of the molecule is C[Si](C)=[Zr+2].Cc1ccccc1Cc1cc2ccccc2[cH-]1.Cc1ccccc1Cc1cc2ccccc2[cH-]1. The van der Waals surface area contributed by atoms with Crippen LogP contribution in [0.25, 0.3) is 21.5 Å². The summed E-state index contributed by atoms with van der Waals surface area (Å²) < 4.78 is 0. The molecular formula is C36H36SiZr. The van der Waals surface area contributed by atoms with Crippen molar-refractivity contribution in [3.8, 4) is 0 Å². The monoisotopic (exact) mass is 586 g/mol. The van der Waals surface area contributed by atoms with E-state index in [1.54, 1.807) is 23.3 Å². The van der Waals surface area contributed by atoms with E-state index in [0.717, 1.165) is 12.8 Å². The summed E-state index contributed by atoms with van der Waals surface area (Å²) in [5.41, 5.74) is 8.60. The minimum absolute atomic E-state index is 0.210. The molecule has 0 saturated heterocycles. The maximum absolute atomic E-state index is 2.31. The Bertz CT molecular complexity index is 1440. The molecule has 0 aliphatic heterocycles. The third-order valence-electron chi connectivity index (χ3n) is 6.67. The van der Waals surface area contributed by atoms with Crippen molar-refractivity contribution in [3.05, 3.63) is 155 Å². The second kappa shape index (κ2) is 13.8. The van der Waals surface area contributed by atoms with Crippen LogP contribution >= 0.6 is 0 Å². The number of fused-ring (bicyclic) bond motifs is 2. The molecule has 6 aromatic rings. The van der Waals surface area contributed by atoms with Crippen molar-refractivity contribution in [2.24, 2.45) is 0 Å². The number of hydrogen-bond acceptors (Lipinski definition) is 0. The molecule has 38 heavy (non-hydrogen) atoms. The average Bonchev–Trinajstić information content (AvgIpc) is 3.50. The zero-order valence-corrected chi connectivity index (χ0v) is 26.4. The fraction of sp³-hybridized carbons (Fsp3) is 0.167. The van der Waals surface area contributed by atoms with E-state index in [1.807, 2.05) is 0 Å². The summed E-state index contributed by atoms with van der Waals surface area (Å²) in [4.78, 5) is 0. The van der Waals surface area contributed by atoms with Crippen molar-refractivity contribution in [1.82, 2.24) is 0 Å². The van der Waals surface area contributed by atoms with Crippen LogP contribution in [0.5, 0.6) is 0 Å². The van der Waals surface area contributed by atoms with Gasteiger partial charge in [-0.15, -0.1) is 81.2 Å². The molecule has 0 bridgehead atoms. The van der Waals surface area contributed by atoms with Gasteiger partial charge in [0.15, 0.2) is 0 Å². The van der Waals surface area contributed by atoms with Crippen molar-refractivity contribution in [2.45, 2.75) is 39.8 Å². The molecule has 0 radical (unpaired) electrons. The summed E-state index contributed by atoms with van der Waals surface area (Å²) in [5, 5.41) is 5.37. The first-order valence-electron chi connectivity index (χ1n) is 13.3. The molecule has 6 rings (SSSR count). The van der Waals surface area contributed by atoms with Gasteiger partial charge in [0.05, 0.1) is 0 Å². The van der Waals surface area contributed by atoms with Gasteiger partial charge in [0.2, 0.25) is 0 Å². The van der Waals surface area contributed by atoms with E-state index in [0.29, 0.717) is 0 Å². The predicted molar refractivity (Wildman–Crippen MR) is 165 cm³/mol. The molecule has 0 spiro atoms. The molecule has 0 nitrogen and oxygen atoms in total. The standard InChI is InChI=1S/2C17H15.C2H6Si.Zr/c2*1-13-6-2-3-7-15(13)10-14-11-16-8-4-5-9-17(16)12-14;1-3-2;/h2*2-9,11-12H,10H2,1H3;1-2H3;/q2*-1;;+2. The Morgan fingerprint density at radius 1 is 0.553 bits per heavy atom. The Kier molecular flexibility index (Phi) is 10.3. The number of aryl methyl sites for hydroxylation is 2. The Morgan fingerprint density at radius 3 is 1.26 bits per heavy atom. The maximum atomic E-state index is 2.31. The quantitative estimate of drug-likeness (QED) is 0.142. The minimum Gasteiger partial charge on any atom is -0.165 e. The van der Waals surface area contributed by atoms with Crippen LogP contribution in [-0.2, 0) is 36.2 Å². The largest absolute Gasteiger partial charge is 0.165 e. The molecule has 0 aliphatic carbocycles. The van der Waals surface area contributed by atoms with Gasteiger partial charge < -0.3 is 0 Å². The van der Waals surface area contributed by atoms with E-state index in [2.05, 4.69) is 148 Å². The van der Waals surface area contributed by atoms with Crippen LogP contribution in [0.15, 0.2) is 121 Å². The van der Waals surface area contributed by atoms with E-state index >= 15 is 0 Å². The zero-order valence-electron chi connectivity index (χ0n) is 23.0. The first kappa shape index (κ1) is 28.2. The van der Waals surface area contributed by atoms with Gasteiger partial charge in [0, 0.05) is 0 Å². The molecule has 0 amide bonds. The minimum atomic E-state index is 0.210. The normalized spacial score (nSPS) is 10.5. The second-order valence-electron chi connectivity index (χ2n) is 10.2. The summed E-state index contributed by atoms with van der Waals surface area (Å²) in [7, 11) is 0. The topological polar surface area (TPSA) is 0 Å². The van der Waals surface area contributed by atoms with Gasteiger partial charge in [-0.25, -0.2) is 0 Å². The molecule has 0 unspecified atom stereocenters. The Hall–Kier alpha value is -2.80. The molecule has 188 valence electrons. The van der Waals surface area contributed by atoms with Crippen LogP contribution in [0.2, 0.25) is 13.1 Å². The summed E-state index contributed by atoms with van der Waals surface area (Å²) >= 11 is 1.74. The van der Waals surface area contributed by atoms with Crippen LogP contribution in [0.3, 0.4) is 0 Å². The van der Waals surface area contributed by atoms with Crippen LogP contribution in [0.4, 0.5) is 0 Å². The van der Waals surface area contributed by atoms with Gasteiger partial charge in [0.1, 0.15) is 0 Å². The first-order chi connectivity index (χ1) is 18.4. The Labute approximate surface area is 243 Å². The Balaban J connectivity index is 0.000000156. The second-order valence-corrected chi connectivity index (χ2v) is 19.6. The van der Waals surface area contributed by atoms with Crippen LogP contribution in [-0.4, -0.2) is 5.43 Å². The fourth-order valence-corrected chi connectivity index (χ4v) is 4.69. The molecular weight excluding hydrogens is 552 g/mol. The zero-order chi connectivity index (χ0) is 26.9. The van der Waals surface area contributed by atoms with Gasteiger partial charge in [0.25, 0.3) is 0 Å². The van der Waals surface area contributed by atoms with Crippen molar-refractivity contribution in [1.29, 1.82) is 0 Å². The first-order valence-corrected chi connectivity index (χ1v) is 19.5. The van der Waals surface area contributed by atoms with Gasteiger partial charge in [-0.2, -0.15) is 12.1 Å². The molecule has 0 fully saturated rings. The van der Waals surface area contributed by atoms with Crippen LogP contribution in [0.1, 0.15) is 33.4 Å². The van der Waals surface area contributed by atoms with Crippen molar-refractivity contribution in [3.63, 3.8) is 0 Å². The summed E-state index contributed by atoms with van der Waals surface area (Å²) in [6.45, 7) is 8.97. The van der Waals surface area contributed by atoms with Gasteiger partial charge in [-0.1, -0.05) is 60.7 Å². The van der Waals surface area contributed by atoms with Crippen molar-refractivity contribution in [2.75, 3.05) is 0 Å². The predicted octanol–water partition coefficient (Wildman–Crippen LogP) is 9.70. The molecule has 0 saturated carbocycles. The fourth-order valence-electron chi connectivity index (χ4n) is 4.69. The van der Waals surface area contributed by atoms with Gasteiger partial charge >= 0.3 is 41.9 Å². The average molecular weight is 588 g/mol. The molecule has 0 N–H and O–H groups in total. The van der Waals surface area contributed by atoms with E-state index in [9.17, 15) is 0 Å². The number of hydrogen-bond donors (Lipinski definition) is 0. The van der Waals surface area contributed by atoms with Crippen molar-refractivity contribution >= 4 is 27.0 Å².